The Bertz CT molecular complexity index is 452. The fourth-order valence-corrected chi connectivity index (χ4v) is 2.26. The average Bonchev–Trinajstić information content (AvgIpc) is 2.40. The lowest BCUT2D eigenvalue weighted by Crippen LogP contribution is -2.36. The molecule has 0 aliphatic heterocycles. The van der Waals surface area contributed by atoms with E-state index in [0.717, 1.165) is 0 Å². The van der Waals surface area contributed by atoms with Crippen LogP contribution in [-0.2, 0) is 14.9 Å². The summed E-state index contributed by atoms with van der Waals surface area (Å²) in [6.07, 6.45) is 0.919. The van der Waals surface area contributed by atoms with Crippen molar-refractivity contribution in [1.82, 2.24) is 0 Å². The highest BCUT2D eigenvalue weighted by atomic mass is 16.6. The maximum atomic E-state index is 12.0. The fraction of sp³-hybridized carbons (Fsp3) is 0.462. The minimum atomic E-state index is -0.946. The van der Waals surface area contributed by atoms with Crippen molar-refractivity contribution in [3.63, 3.8) is 0 Å². The molecule has 0 amide bonds. The zero-order chi connectivity index (χ0) is 13.8. The van der Waals surface area contributed by atoms with Crippen LogP contribution in [0.15, 0.2) is 24.3 Å². The number of hydrogen-bond donors (Lipinski definition) is 0. The summed E-state index contributed by atoms with van der Waals surface area (Å²) in [5.41, 5.74) is -0.559. The third-order valence-corrected chi connectivity index (χ3v) is 3.40. The summed E-state index contributed by atoms with van der Waals surface area (Å²) >= 11 is 0. The molecule has 0 saturated heterocycles. The number of nitrogens with zero attached hydrogens (tertiary/aromatic N) is 1. The standard InChI is InChI=1S/C13H17NO4/c1-4-13(5-2,12(15)18-3)10-8-6-7-9-11(10)14(16)17/h6-9H,4-5H2,1-3H3. The maximum Gasteiger partial charge on any atom is 0.316 e. The molecule has 1 aromatic rings. The Labute approximate surface area is 106 Å². The van der Waals surface area contributed by atoms with E-state index in [4.69, 9.17) is 4.74 Å². The molecule has 0 spiro atoms. The van der Waals surface area contributed by atoms with Crippen LogP contribution in [0.3, 0.4) is 0 Å². The van der Waals surface area contributed by atoms with E-state index in [1.807, 2.05) is 13.8 Å². The molecule has 0 saturated carbocycles. The number of carbonyl (C=O) groups excluding carboxylic acids is 1. The van der Waals surface area contributed by atoms with Crippen LogP contribution < -0.4 is 0 Å². The van der Waals surface area contributed by atoms with Gasteiger partial charge in [-0.2, -0.15) is 0 Å². The zero-order valence-corrected chi connectivity index (χ0v) is 10.8. The zero-order valence-electron chi connectivity index (χ0n) is 10.8. The Morgan fingerprint density at radius 3 is 2.33 bits per heavy atom. The van der Waals surface area contributed by atoms with Gasteiger partial charge >= 0.3 is 5.97 Å². The Balaban J connectivity index is 3.48. The average molecular weight is 251 g/mol. The molecule has 1 rings (SSSR count). The first-order valence-electron chi connectivity index (χ1n) is 5.85. The number of ether oxygens (including phenoxy) is 1. The molecule has 0 fully saturated rings. The number of benzene rings is 1. The molecule has 0 aromatic heterocycles. The van der Waals surface area contributed by atoms with E-state index >= 15 is 0 Å². The molecule has 5 nitrogen and oxygen atoms in total. The highest BCUT2D eigenvalue weighted by Crippen LogP contribution is 2.38. The normalized spacial score (nSPS) is 11.1. The van der Waals surface area contributed by atoms with E-state index < -0.39 is 16.3 Å². The molecular formula is C13H17NO4. The van der Waals surface area contributed by atoms with E-state index in [9.17, 15) is 14.9 Å². The van der Waals surface area contributed by atoms with Gasteiger partial charge in [-0.3, -0.25) is 14.9 Å². The third-order valence-electron chi connectivity index (χ3n) is 3.40. The minimum Gasteiger partial charge on any atom is -0.468 e. The number of carbonyl (C=O) groups is 1. The van der Waals surface area contributed by atoms with Gasteiger partial charge in [0.2, 0.25) is 0 Å². The number of hydrogen-bond acceptors (Lipinski definition) is 4. The lowest BCUT2D eigenvalue weighted by atomic mass is 9.75. The number of para-hydroxylation sites is 1. The Hall–Kier alpha value is -1.91. The van der Waals surface area contributed by atoms with Gasteiger partial charge < -0.3 is 4.74 Å². The maximum absolute atomic E-state index is 12.0. The third kappa shape index (κ3) is 2.20. The Morgan fingerprint density at radius 2 is 1.89 bits per heavy atom. The predicted octanol–water partition coefficient (Wildman–Crippen LogP) is 2.83. The summed E-state index contributed by atoms with van der Waals surface area (Å²) < 4.78 is 4.83. The SMILES string of the molecule is CCC(CC)(C(=O)OC)c1ccccc1[N+](=O)[O-]. The van der Waals surface area contributed by atoms with Gasteiger partial charge in [0.15, 0.2) is 0 Å². The summed E-state index contributed by atoms with van der Waals surface area (Å²) in [6.45, 7) is 3.66. The molecule has 0 unspecified atom stereocenters. The van der Waals surface area contributed by atoms with Gasteiger partial charge in [-0.25, -0.2) is 0 Å². The molecule has 0 aliphatic carbocycles. The van der Waals surface area contributed by atoms with E-state index in [1.165, 1.54) is 13.2 Å². The number of nitro benzene ring substituents is 1. The first-order valence-corrected chi connectivity index (χ1v) is 5.85. The minimum absolute atomic E-state index is 0.0356. The summed E-state index contributed by atoms with van der Waals surface area (Å²) in [6, 6.07) is 6.33. The van der Waals surface area contributed by atoms with Crippen LogP contribution in [0.5, 0.6) is 0 Å². The molecule has 5 heteroatoms. The van der Waals surface area contributed by atoms with Crippen LogP contribution in [0.2, 0.25) is 0 Å². The topological polar surface area (TPSA) is 69.4 Å². The van der Waals surface area contributed by atoms with Crippen LogP contribution in [0.25, 0.3) is 0 Å². The molecule has 0 radical (unpaired) electrons. The molecule has 0 atom stereocenters. The van der Waals surface area contributed by atoms with Crippen LogP contribution in [0.1, 0.15) is 32.3 Å². The fourth-order valence-electron chi connectivity index (χ4n) is 2.26. The number of esters is 1. The van der Waals surface area contributed by atoms with Gasteiger partial charge in [-0.1, -0.05) is 32.0 Å². The second kappa shape index (κ2) is 5.62. The molecule has 98 valence electrons. The quantitative estimate of drug-likeness (QED) is 0.458. The number of methoxy groups -OCH3 is 1. The lowest BCUT2D eigenvalue weighted by Gasteiger charge is -2.28. The van der Waals surface area contributed by atoms with E-state index in [1.54, 1.807) is 18.2 Å². The molecule has 0 N–H and O–H groups in total. The second-order valence-electron chi connectivity index (χ2n) is 4.06. The highest BCUT2D eigenvalue weighted by Gasteiger charge is 2.42. The largest absolute Gasteiger partial charge is 0.468 e. The first-order chi connectivity index (χ1) is 8.53. The smallest absolute Gasteiger partial charge is 0.316 e. The van der Waals surface area contributed by atoms with Gasteiger partial charge in [0.05, 0.1) is 17.4 Å². The van der Waals surface area contributed by atoms with Crippen molar-refractivity contribution in [2.24, 2.45) is 0 Å². The van der Waals surface area contributed by atoms with Gasteiger partial charge in [0.1, 0.15) is 0 Å². The van der Waals surface area contributed by atoms with Crippen molar-refractivity contribution in [3.05, 3.63) is 39.9 Å². The van der Waals surface area contributed by atoms with E-state index in [0.29, 0.717) is 18.4 Å². The van der Waals surface area contributed by atoms with Crippen LogP contribution in [-0.4, -0.2) is 18.0 Å². The Kier molecular flexibility index (Phi) is 4.42. The van der Waals surface area contributed by atoms with Crippen LogP contribution in [0.4, 0.5) is 5.69 Å². The summed E-state index contributed by atoms with van der Waals surface area (Å²) in [4.78, 5) is 22.6. The molecule has 0 bridgehead atoms. The lowest BCUT2D eigenvalue weighted by molar-refractivity contribution is -0.386. The van der Waals surface area contributed by atoms with Gasteiger partial charge in [-0.05, 0) is 12.8 Å². The van der Waals surface area contributed by atoms with Gasteiger partial charge in [0, 0.05) is 11.6 Å². The molecule has 1 aromatic carbocycles. The summed E-state index contributed by atoms with van der Waals surface area (Å²) in [5.74, 6) is -0.429. The van der Waals surface area contributed by atoms with E-state index in [2.05, 4.69) is 0 Å². The van der Waals surface area contributed by atoms with Crippen molar-refractivity contribution in [3.8, 4) is 0 Å². The van der Waals surface area contributed by atoms with Crippen molar-refractivity contribution in [2.45, 2.75) is 32.1 Å². The highest BCUT2D eigenvalue weighted by molar-refractivity contribution is 5.84. The summed E-state index contributed by atoms with van der Waals surface area (Å²) in [7, 11) is 1.30. The van der Waals surface area contributed by atoms with Crippen molar-refractivity contribution in [1.29, 1.82) is 0 Å². The van der Waals surface area contributed by atoms with Crippen LogP contribution in [0, 0.1) is 10.1 Å². The molecule has 18 heavy (non-hydrogen) atoms. The van der Waals surface area contributed by atoms with Gasteiger partial charge in [0.25, 0.3) is 5.69 Å². The van der Waals surface area contributed by atoms with E-state index in [-0.39, 0.29) is 5.69 Å². The monoisotopic (exact) mass is 251 g/mol. The van der Waals surface area contributed by atoms with Gasteiger partial charge in [-0.15, -0.1) is 0 Å². The molecular weight excluding hydrogens is 234 g/mol. The number of rotatable bonds is 5. The molecule has 0 aliphatic rings. The Morgan fingerprint density at radius 1 is 1.33 bits per heavy atom. The first kappa shape index (κ1) is 14.2. The molecule has 0 heterocycles. The predicted molar refractivity (Wildman–Crippen MR) is 67.4 cm³/mol. The van der Waals surface area contributed by atoms with Crippen molar-refractivity contribution >= 4 is 11.7 Å². The van der Waals surface area contributed by atoms with Crippen molar-refractivity contribution in [2.75, 3.05) is 7.11 Å². The summed E-state index contributed by atoms with van der Waals surface area (Å²) in [5, 5.41) is 11.1. The van der Waals surface area contributed by atoms with Crippen molar-refractivity contribution < 1.29 is 14.5 Å². The van der Waals surface area contributed by atoms with Crippen LogP contribution >= 0.6 is 0 Å². The number of nitro groups is 1. The second-order valence-corrected chi connectivity index (χ2v) is 4.06.